The summed E-state index contributed by atoms with van der Waals surface area (Å²) in [5.74, 6) is 0.376. The predicted molar refractivity (Wildman–Crippen MR) is 86.4 cm³/mol. The highest BCUT2D eigenvalue weighted by atomic mass is 16.2. The van der Waals surface area contributed by atoms with E-state index in [2.05, 4.69) is 24.5 Å². The number of amides is 2. The molecule has 0 fully saturated rings. The summed E-state index contributed by atoms with van der Waals surface area (Å²) in [5, 5.41) is 5.68. The summed E-state index contributed by atoms with van der Waals surface area (Å²) in [6, 6.07) is 6.94. The lowest BCUT2D eigenvalue weighted by molar-refractivity contribution is -0.114. The standard InChI is InChI=1S/C17H26N2O2/c1-4-6-7-14(5-2)12-18-17(21)15-8-10-16(11-9-15)19-13(3)20/h8-11,14H,4-7,12H2,1-3H3,(H,18,21)(H,19,20)/t14-/m1/s1. The number of carbonyl (C=O) groups excluding carboxylic acids is 2. The summed E-state index contributed by atoms with van der Waals surface area (Å²) in [5.41, 5.74) is 1.32. The molecule has 21 heavy (non-hydrogen) atoms. The van der Waals surface area contributed by atoms with Crippen LogP contribution in [-0.2, 0) is 4.79 Å². The summed E-state index contributed by atoms with van der Waals surface area (Å²) in [6.07, 6.45) is 4.64. The number of hydrogen-bond acceptors (Lipinski definition) is 2. The van der Waals surface area contributed by atoms with E-state index < -0.39 is 0 Å². The SMILES string of the molecule is CCCC[C@@H](CC)CNC(=O)c1ccc(NC(C)=O)cc1. The molecule has 2 amide bonds. The number of rotatable bonds is 8. The third kappa shape index (κ3) is 6.43. The number of unbranched alkanes of at least 4 members (excludes halogenated alkanes) is 1. The second-order valence-corrected chi connectivity index (χ2v) is 5.39. The zero-order valence-electron chi connectivity index (χ0n) is 13.2. The van der Waals surface area contributed by atoms with E-state index in [1.165, 1.54) is 19.8 Å². The third-order valence-corrected chi connectivity index (χ3v) is 3.56. The fourth-order valence-corrected chi connectivity index (χ4v) is 2.19. The Morgan fingerprint density at radius 1 is 1.14 bits per heavy atom. The van der Waals surface area contributed by atoms with Crippen LogP contribution in [0.5, 0.6) is 0 Å². The van der Waals surface area contributed by atoms with Crippen LogP contribution in [0.4, 0.5) is 5.69 Å². The van der Waals surface area contributed by atoms with Crippen LogP contribution in [0.2, 0.25) is 0 Å². The molecule has 1 aromatic carbocycles. The quantitative estimate of drug-likeness (QED) is 0.768. The van der Waals surface area contributed by atoms with Crippen molar-refractivity contribution in [2.24, 2.45) is 5.92 Å². The topological polar surface area (TPSA) is 58.2 Å². The van der Waals surface area contributed by atoms with E-state index in [0.717, 1.165) is 19.4 Å². The molecule has 0 bridgehead atoms. The van der Waals surface area contributed by atoms with Crippen molar-refractivity contribution in [2.75, 3.05) is 11.9 Å². The van der Waals surface area contributed by atoms with Crippen LogP contribution in [0, 0.1) is 5.92 Å². The van der Waals surface area contributed by atoms with Crippen LogP contribution in [0.1, 0.15) is 56.8 Å². The number of anilines is 1. The molecule has 2 N–H and O–H groups in total. The van der Waals surface area contributed by atoms with Gasteiger partial charge in [-0.1, -0.05) is 33.1 Å². The number of benzene rings is 1. The zero-order valence-corrected chi connectivity index (χ0v) is 13.2. The van der Waals surface area contributed by atoms with E-state index in [9.17, 15) is 9.59 Å². The first kappa shape index (κ1) is 17.2. The maximum atomic E-state index is 12.1. The molecular formula is C17H26N2O2. The van der Waals surface area contributed by atoms with Gasteiger partial charge in [0.25, 0.3) is 5.91 Å². The monoisotopic (exact) mass is 290 g/mol. The van der Waals surface area contributed by atoms with E-state index in [4.69, 9.17) is 0 Å². The van der Waals surface area contributed by atoms with Crippen LogP contribution in [0.25, 0.3) is 0 Å². The Hall–Kier alpha value is -1.84. The summed E-state index contributed by atoms with van der Waals surface area (Å²) in [7, 11) is 0. The summed E-state index contributed by atoms with van der Waals surface area (Å²) < 4.78 is 0. The first-order valence-corrected chi connectivity index (χ1v) is 7.72. The maximum Gasteiger partial charge on any atom is 0.251 e. The highest BCUT2D eigenvalue weighted by molar-refractivity contribution is 5.95. The van der Waals surface area contributed by atoms with Gasteiger partial charge in [0.05, 0.1) is 0 Å². The Kier molecular flexibility index (Phi) is 7.51. The van der Waals surface area contributed by atoms with Crippen molar-refractivity contribution < 1.29 is 9.59 Å². The van der Waals surface area contributed by atoms with Gasteiger partial charge < -0.3 is 10.6 Å². The van der Waals surface area contributed by atoms with Gasteiger partial charge in [0.2, 0.25) is 5.91 Å². The summed E-state index contributed by atoms with van der Waals surface area (Å²) >= 11 is 0. The van der Waals surface area contributed by atoms with Crippen LogP contribution < -0.4 is 10.6 Å². The van der Waals surface area contributed by atoms with Crippen LogP contribution in [0.15, 0.2) is 24.3 Å². The molecule has 0 spiro atoms. The lowest BCUT2D eigenvalue weighted by atomic mass is 9.99. The Morgan fingerprint density at radius 2 is 1.81 bits per heavy atom. The number of nitrogens with one attached hydrogen (secondary N) is 2. The van der Waals surface area contributed by atoms with Crippen molar-refractivity contribution >= 4 is 17.5 Å². The van der Waals surface area contributed by atoms with Crippen LogP contribution in [-0.4, -0.2) is 18.4 Å². The lowest BCUT2D eigenvalue weighted by Gasteiger charge is -2.15. The molecule has 1 atom stereocenters. The number of carbonyl (C=O) groups is 2. The van der Waals surface area contributed by atoms with Gasteiger partial charge in [-0.25, -0.2) is 0 Å². The van der Waals surface area contributed by atoms with Gasteiger partial charge in [0, 0.05) is 24.7 Å². The van der Waals surface area contributed by atoms with E-state index in [0.29, 0.717) is 17.2 Å². The third-order valence-electron chi connectivity index (χ3n) is 3.56. The average molecular weight is 290 g/mol. The largest absolute Gasteiger partial charge is 0.352 e. The second kappa shape index (κ2) is 9.16. The van der Waals surface area contributed by atoms with E-state index in [1.54, 1.807) is 24.3 Å². The fourth-order valence-electron chi connectivity index (χ4n) is 2.19. The Balaban J connectivity index is 2.49. The normalized spacial score (nSPS) is 11.8. The van der Waals surface area contributed by atoms with Gasteiger partial charge in [-0.2, -0.15) is 0 Å². The van der Waals surface area contributed by atoms with Crippen molar-refractivity contribution in [2.45, 2.75) is 46.5 Å². The molecule has 0 heterocycles. The van der Waals surface area contributed by atoms with Crippen LogP contribution in [0.3, 0.4) is 0 Å². The molecule has 1 aromatic rings. The molecule has 0 aliphatic rings. The molecule has 0 radical (unpaired) electrons. The minimum atomic E-state index is -0.117. The fraction of sp³-hybridized carbons (Fsp3) is 0.529. The van der Waals surface area contributed by atoms with Gasteiger partial charge in [0.15, 0.2) is 0 Å². The number of hydrogen-bond donors (Lipinski definition) is 2. The lowest BCUT2D eigenvalue weighted by Crippen LogP contribution is -2.29. The van der Waals surface area contributed by atoms with Gasteiger partial charge in [0.1, 0.15) is 0 Å². The van der Waals surface area contributed by atoms with E-state index in [-0.39, 0.29) is 11.8 Å². The second-order valence-electron chi connectivity index (χ2n) is 5.39. The summed E-state index contributed by atoms with van der Waals surface area (Å²) in [4.78, 5) is 23.0. The smallest absolute Gasteiger partial charge is 0.251 e. The molecule has 4 nitrogen and oxygen atoms in total. The van der Waals surface area contributed by atoms with Gasteiger partial charge >= 0.3 is 0 Å². The van der Waals surface area contributed by atoms with Crippen LogP contribution >= 0.6 is 0 Å². The van der Waals surface area contributed by atoms with Gasteiger partial charge in [-0.3, -0.25) is 9.59 Å². The van der Waals surface area contributed by atoms with Gasteiger partial charge in [-0.05, 0) is 36.6 Å². The van der Waals surface area contributed by atoms with Crippen molar-refractivity contribution in [3.8, 4) is 0 Å². The van der Waals surface area contributed by atoms with E-state index in [1.807, 2.05) is 0 Å². The highest BCUT2D eigenvalue weighted by Crippen LogP contribution is 2.12. The molecule has 0 saturated heterocycles. The summed E-state index contributed by atoms with van der Waals surface area (Å²) in [6.45, 7) is 6.53. The van der Waals surface area contributed by atoms with Crippen molar-refractivity contribution in [3.05, 3.63) is 29.8 Å². The zero-order chi connectivity index (χ0) is 15.7. The molecular weight excluding hydrogens is 264 g/mol. The first-order valence-electron chi connectivity index (χ1n) is 7.72. The Labute approximate surface area is 127 Å². The minimum absolute atomic E-state index is 0.0562. The Morgan fingerprint density at radius 3 is 2.33 bits per heavy atom. The Bertz CT molecular complexity index is 454. The van der Waals surface area contributed by atoms with E-state index >= 15 is 0 Å². The molecule has 0 aliphatic heterocycles. The first-order chi connectivity index (χ1) is 10.1. The molecule has 0 aromatic heterocycles. The molecule has 0 unspecified atom stereocenters. The van der Waals surface area contributed by atoms with Crippen molar-refractivity contribution in [3.63, 3.8) is 0 Å². The predicted octanol–water partition coefficient (Wildman–Crippen LogP) is 3.59. The van der Waals surface area contributed by atoms with Crippen molar-refractivity contribution in [1.29, 1.82) is 0 Å². The van der Waals surface area contributed by atoms with Gasteiger partial charge in [-0.15, -0.1) is 0 Å². The molecule has 116 valence electrons. The molecule has 0 aliphatic carbocycles. The molecule has 1 rings (SSSR count). The van der Waals surface area contributed by atoms with Crippen molar-refractivity contribution in [1.82, 2.24) is 5.32 Å². The average Bonchev–Trinajstić information content (AvgIpc) is 2.47. The molecule has 0 saturated carbocycles. The highest BCUT2D eigenvalue weighted by Gasteiger charge is 2.10. The minimum Gasteiger partial charge on any atom is -0.352 e. The molecule has 4 heteroatoms. The maximum absolute atomic E-state index is 12.1.